The lowest BCUT2D eigenvalue weighted by molar-refractivity contribution is 0.0957. The standard InChI is InChI=1S/C22H21N5O.ClH/c23-22(24)26-25-19-13-17(15-7-3-1-4-8-15)14-20-18(19)11-12-27(20)21(28)16-9-5-2-6-10-16;/h1-12,17H,13-14H2,(H4,23,24,26);1H. The molecular formula is C22H22ClN5O. The molecule has 0 radical (unpaired) electrons. The van der Waals surface area contributed by atoms with Crippen LogP contribution in [0.15, 0.2) is 78.0 Å². The zero-order valence-electron chi connectivity index (χ0n) is 15.7. The molecule has 4 N–H and O–H groups in total. The molecule has 0 saturated carbocycles. The number of aromatic nitrogens is 1. The second-order valence-electron chi connectivity index (χ2n) is 6.82. The maximum absolute atomic E-state index is 13.0. The van der Waals surface area contributed by atoms with Crippen LogP contribution in [-0.2, 0) is 6.42 Å². The highest BCUT2D eigenvalue weighted by Gasteiger charge is 2.29. The topological polar surface area (TPSA) is 96.3 Å². The fourth-order valence-electron chi connectivity index (χ4n) is 3.69. The largest absolute Gasteiger partial charge is 0.369 e. The summed E-state index contributed by atoms with van der Waals surface area (Å²) < 4.78 is 1.71. The first-order chi connectivity index (χ1) is 13.6. The van der Waals surface area contributed by atoms with Gasteiger partial charge in [0.2, 0.25) is 5.96 Å². The number of hydrazone groups is 1. The Kier molecular flexibility index (Phi) is 6.14. The van der Waals surface area contributed by atoms with Crippen molar-refractivity contribution < 1.29 is 4.79 Å². The average molecular weight is 408 g/mol. The molecule has 1 aliphatic carbocycles. The molecule has 0 fully saturated rings. The van der Waals surface area contributed by atoms with Gasteiger partial charge < -0.3 is 5.73 Å². The molecular weight excluding hydrogens is 386 g/mol. The summed E-state index contributed by atoms with van der Waals surface area (Å²) in [6.07, 6.45) is 3.25. The maximum atomic E-state index is 13.0. The summed E-state index contributed by atoms with van der Waals surface area (Å²) in [7, 11) is 0. The van der Waals surface area contributed by atoms with Crippen molar-refractivity contribution in [2.45, 2.75) is 18.8 Å². The molecule has 0 spiro atoms. The third-order valence-corrected chi connectivity index (χ3v) is 5.00. The second-order valence-corrected chi connectivity index (χ2v) is 6.82. The minimum atomic E-state index is -0.212. The Hall–Kier alpha value is -3.38. The van der Waals surface area contributed by atoms with E-state index in [1.165, 1.54) is 5.56 Å². The lowest BCUT2D eigenvalue weighted by Gasteiger charge is -2.25. The fraction of sp³-hybridized carbons (Fsp3) is 0.136. The van der Waals surface area contributed by atoms with Gasteiger partial charge in [0.1, 0.15) is 0 Å². The highest BCUT2D eigenvalue weighted by atomic mass is 35.5. The summed E-state index contributed by atoms with van der Waals surface area (Å²) in [6, 6.07) is 21.4. The van der Waals surface area contributed by atoms with Crippen LogP contribution < -0.4 is 11.2 Å². The van der Waals surface area contributed by atoms with E-state index in [-0.39, 0.29) is 30.2 Å². The molecule has 1 unspecified atom stereocenters. The Bertz CT molecular complexity index is 1040. The molecule has 0 saturated heterocycles. The van der Waals surface area contributed by atoms with E-state index in [1.807, 2.05) is 54.6 Å². The number of nitrogens with one attached hydrogen (secondary N) is 2. The van der Waals surface area contributed by atoms with E-state index in [9.17, 15) is 4.79 Å². The first kappa shape index (κ1) is 20.4. The van der Waals surface area contributed by atoms with Crippen molar-refractivity contribution in [3.8, 4) is 0 Å². The molecule has 0 amide bonds. The van der Waals surface area contributed by atoms with E-state index in [0.717, 1.165) is 23.4 Å². The number of rotatable bonds is 3. The van der Waals surface area contributed by atoms with E-state index in [0.29, 0.717) is 12.0 Å². The van der Waals surface area contributed by atoms with Crippen LogP contribution in [0.2, 0.25) is 0 Å². The Balaban J connectivity index is 0.00000240. The second kappa shape index (κ2) is 8.75. The number of nitrogens with two attached hydrogens (primary N) is 1. The van der Waals surface area contributed by atoms with Crippen molar-refractivity contribution in [2.75, 3.05) is 0 Å². The number of benzene rings is 2. The van der Waals surface area contributed by atoms with E-state index < -0.39 is 0 Å². The van der Waals surface area contributed by atoms with Gasteiger partial charge in [0.15, 0.2) is 0 Å². The Labute approximate surface area is 175 Å². The van der Waals surface area contributed by atoms with Crippen LogP contribution in [-0.4, -0.2) is 22.1 Å². The number of hydrogen-bond donors (Lipinski definition) is 3. The third kappa shape index (κ3) is 4.22. The van der Waals surface area contributed by atoms with Crippen molar-refractivity contribution in [2.24, 2.45) is 10.8 Å². The van der Waals surface area contributed by atoms with Gasteiger partial charge in [0.25, 0.3) is 5.91 Å². The molecule has 0 bridgehead atoms. The van der Waals surface area contributed by atoms with Gasteiger partial charge in [-0.3, -0.25) is 14.8 Å². The van der Waals surface area contributed by atoms with Crippen LogP contribution in [0.4, 0.5) is 0 Å². The normalized spacial score (nSPS) is 16.6. The zero-order chi connectivity index (χ0) is 19.5. The number of halogens is 1. The monoisotopic (exact) mass is 407 g/mol. The van der Waals surface area contributed by atoms with Crippen LogP contribution in [0, 0.1) is 5.41 Å². The predicted molar refractivity (Wildman–Crippen MR) is 117 cm³/mol. The first-order valence-corrected chi connectivity index (χ1v) is 9.15. The first-order valence-electron chi connectivity index (χ1n) is 9.15. The molecule has 29 heavy (non-hydrogen) atoms. The van der Waals surface area contributed by atoms with Crippen LogP contribution in [0.25, 0.3) is 0 Å². The van der Waals surface area contributed by atoms with E-state index in [4.69, 9.17) is 11.1 Å². The van der Waals surface area contributed by atoms with Gasteiger partial charge in [0.05, 0.1) is 5.71 Å². The van der Waals surface area contributed by atoms with Crippen LogP contribution in [0.1, 0.15) is 39.5 Å². The molecule has 1 aromatic heterocycles. The molecule has 1 atom stereocenters. The van der Waals surface area contributed by atoms with Crippen LogP contribution in [0.3, 0.4) is 0 Å². The quantitative estimate of drug-likeness (QED) is 0.352. The zero-order valence-corrected chi connectivity index (χ0v) is 16.5. The van der Waals surface area contributed by atoms with Crippen molar-refractivity contribution >= 4 is 30.0 Å². The summed E-state index contributed by atoms with van der Waals surface area (Å²) in [6.45, 7) is 0. The van der Waals surface area contributed by atoms with Crippen molar-refractivity contribution in [1.29, 1.82) is 5.41 Å². The molecule has 6 nitrogen and oxygen atoms in total. The number of carbonyl (C=O) groups is 1. The molecule has 0 aliphatic heterocycles. The SMILES string of the molecule is Cl.N=C(N)NN=C1CC(c2ccccc2)Cc2c1ccn2C(=O)c1ccccc1. The van der Waals surface area contributed by atoms with Gasteiger partial charge in [-0.1, -0.05) is 48.5 Å². The minimum absolute atomic E-state index is 0. The van der Waals surface area contributed by atoms with Crippen molar-refractivity contribution in [3.63, 3.8) is 0 Å². The molecule has 148 valence electrons. The Morgan fingerprint density at radius 2 is 1.69 bits per heavy atom. The summed E-state index contributed by atoms with van der Waals surface area (Å²) >= 11 is 0. The molecule has 1 aliphatic rings. The maximum Gasteiger partial charge on any atom is 0.262 e. The van der Waals surface area contributed by atoms with Gasteiger partial charge in [-0.05, 0) is 42.5 Å². The summed E-state index contributed by atoms with van der Waals surface area (Å²) in [5, 5.41) is 11.7. The van der Waals surface area contributed by atoms with Crippen molar-refractivity contribution in [1.82, 2.24) is 9.99 Å². The van der Waals surface area contributed by atoms with Gasteiger partial charge in [-0.25, -0.2) is 5.43 Å². The predicted octanol–water partition coefficient (Wildman–Crippen LogP) is 3.52. The molecule has 4 rings (SSSR count). The summed E-state index contributed by atoms with van der Waals surface area (Å²) in [4.78, 5) is 13.0. The summed E-state index contributed by atoms with van der Waals surface area (Å²) in [5.41, 5.74) is 12.4. The van der Waals surface area contributed by atoms with E-state index in [2.05, 4.69) is 22.7 Å². The average Bonchev–Trinajstić information content (AvgIpc) is 3.16. The number of fused-ring (bicyclic) bond motifs is 1. The van der Waals surface area contributed by atoms with E-state index >= 15 is 0 Å². The molecule has 3 aromatic rings. The van der Waals surface area contributed by atoms with Gasteiger partial charge in [-0.2, -0.15) is 5.10 Å². The smallest absolute Gasteiger partial charge is 0.262 e. The minimum Gasteiger partial charge on any atom is -0.369 e. The van der Waals surface area contributed by atoms with Crippen LogP contribution >= 0.6 is 12.4 Å². The van der Waals surface area contributed by atoms with Gasteiger partial charge in [0, 0.05) is 23.0 Å². The van der Waals surface area contributed by atoms with Gasteiger partial charge in [-0.15, -0.1) is 12.4 Å². The Morgan fingerprint density at radius 1 is 1.03 bits per heavy atom. The highest BCUT2D eigenvalue weighted by Crippen LogP contribution is 2.34. The number of nitrogens with zero attached hydrogens (tertiary/aromatic N) is 2. The molecule has 7 heteroatoms. The van der Waals surface area contributed by atoms with Crippen molar-refractivity contribution in [3.05, 3.63) is 95.3 Å². The number of carbonyl (C=O) groups excluding carboxylic acids is 1. The number of hydrogen-bond acceptors (Lipinski definition) is 3. The molecule has 2 aromatic carbocycles. The van der Waals surface area contributed by atoms with Gasteiger partial charge >= 0.3 is 0 Å². The number of guanidine groups is 1. The third-order valence-electron chi connectivity index (χ3n) is 5.00. The lowest BCUT2D eigenvalue weighted by Crippen LogP contribution is -2.29. The van der Waals surface area contributed by atoms with Crippen LogP contribution in [0.5, 0.6) is 0 Å². The van der Waals surface area contributed by atoms with E-state index in [1.54, 1.807) is 10.8 Å². The Morgan fingerprint density at radius 3 is 2.34 bits per heavy atom. The highest BCUT2D eigenvalue weighted by molar-refractivity contribution is 6.05. The molecule has 1 heterocycles. The lowest BCUT2D eigenvalue weighted by atomic mass is 9.82. The fourth-order valence-corrected chi connectivity index (χ4v) is 3.69. The summed E-state index contributed by atoms with van der Waals surface area (Å²) in [5.74, 6) is -0.0800.